The minimum atomic E-state index is -0.102. The van der Waals surface area contributed by atoms with E-state index in [-0.39, 0.29) is 5.54 Å². The van der Waals surface area contributed by atoms with Crippen LogP contribution in [0.3, 0.4) is 0 Å². The molecule has 0 spiro atoms. The minimum Gasteiger partial charge on any atom is -0.474 e. The largest absolute Gasteiger partial charge is 0.474 e. The van der Waals surface area contributed by atoms with E-state index in [0.717, 1.165) is 12.3 Å². The monoisotopic (exact) mass is 487 g/mol. The van der Waals surface area contributed by atoms with Crippen LogP contribution in [0.4, 0.5) is 0 Å². The Labute approximate surface area is 183 Å². The molecule has 3 rings (SSSR count). The highest BCUT2D eigenvalue weighted by molar-refractivity contribution is 9.50. The lowest BCUT2D eigenvalue weighted by Gasteiger charge is -2.07. The smallest absolute Gasteiger partial charge is 0.227 e. The molecule has 2 aromatic rings. The first-order valence-electron chi connectivity index (χ1n) is 10.1. The summed E-state index contributed by atoms with van der Waals surface area (Å²) >= 11 is 7.29. The first-order valence-corrected chi connectivity index (χ1v) is 14.5. The van der Waals surface area contributed by atoms with Crippen LogP contribution < -0.4 is 0 Å². The van der Waals surface area contributed by atoms with Gasteiger partial charge in [-0.25, -0.2) is 4.99 Å². The maximum Gasteiger partial charge on any atom is 0.227 e. The minimum absolute atomic E-state index is 0.102. The molecule has 0 radical (unpaired) electrons. The third kappa shape index (κ3) is 5.52. The van der Waals surface area contributed by atoms with Gasteiger partial charge in [0.1, 0.15) is 6.61 Å². The summed E-state index contributed by atoms with van der Waals surface area (Å²) in [5.74, 6) is 0.869. The van der Waals surface area contributed by atoms with Crippen molar-refractivity contribution in [3.8, 4) is 0 Å². The molecule has 0 aliphatic carbocycles. The first kappa shape index (κ1) is 21.7. The van der Waals surface area contributed by atoms with Crippen molar-refractivity contribution in [3.05, 3.63) is 15.8 Å². The highest BCUT2D eigenvalue weighted by atomic mass is 79.9. The second-order valence-electron chi connectivity index (χ2n) is 7.99. The molecule has 0 atom stereocenters. The molecule has 0 saturated heterocycles. The first-order chi connectivity index (χ1) is 13.1. The molecule has 0 amide bonds. The van der Waals surface area contributed by atoms with E-state index in [9.17, 15) is 0 Å². The molecule has 1 aliphatic rings. The van der Waals surface area contributed by atoms with Gasteiger partial charge in [-0.2, -0.15) is 0 Å². The van der Waals surface area contributed by atoms with Crippen LogP contribution in [0, 0.1) is 0 Å². The van der Waals surface area contributed by atoms with Crippen molar-refractivity contribution in [2.45, 2.75) is 89.0 Å². The van der Waals surface area contributed by atoms with E-state index < -0.39 is 0 Å². The molecule has 0 saturated carbocycles. The molecule has 1 aliphatic heterocycles. The lowest BCUT2D eigenvalue weighted by molar-refractivity contribution is 0.280. The number of hydrogen-bond acceptors (Lipinski definition) is 5. The molecule has 2 aromatic heterocycles. The number of ether oxygens (including phenoxy) is 1. The van der Waals surface area contributed by atoms with Crippen molar-refractivity contribution < 1.29 is 4.74 Å². The van der Waals surface area contributed by atoms with Crippen LogP contribution in [0.5, 0.6) is 0 Å². The summed E-state index contributed by atoms with van der Waals surface area (Å²) in [4.78, 5) is 7.45. The average Bonchev–Trinajstić information content (AvgIpc) is 3.30. The summed E-state index contributed by atoms with van der Waals surface area (Å²) in [7, 11) is 1.66. The Balaban J connectivity index is 1.68. The van der Waals surface area contributed by atoms with E-state index >= 15 is 0 Å². The van der Waals surface area contributed by atoms with Gasteiger partial charge in [0.15, 0.2) is 0 Å². The van der Waals surface area contributed by atoms with Gasteiger partial charge in [-0.15, -0.1) is 22.7 Å². The van der Waals surface area contributed by atoms with E-state index in [0.29, 0.717) is 6.61 Å². The molecule has 150 valence electrons. The van der Waals surface area contributed by atoms with Gasteiger partial charge in [-0.05, 0) is 57.3 Å². The van der Waals surface area contributed by atoms with Crippen molar-refractivity contribution in [3.63, 3.8) is 0 Å². The fourth-order valence-electron chi connectivity index (χ4n) is 3.49. The molecule has 2 nitrogen and oxygen atoms in total. The van der Waals surface area contributed by atoms with Crippen molar-refractivity contribution >= 4 is 63.0 Å². The fraction of sp³-hybridized carbons (Fsp3) is 0.667. The Morgan fingerprint density at radius 2 is 1.81 bits per heavy atom. The standard InChI is InChI=1S/C21H30BrNOS3/c1-4-5-6-7-8-9-10-11-12-15-17-19(16(27-22)13-25-17)26-18(15)20-23-21(2,3)14-24-20/h13H,4-12,14H2,1-3H3. The maximum absolute atomic E-state index is 6.00. The lowest BCUT2D eigenvalue weighted by Crippen LogP contribution is -2.17. The van der Waals surface area contributed by atoms with E-state index in [1.54, 1.807) is 10.2 Å². The highest BCUT2D eigenvalue weighted by Gasteiger charge is 2.30. The van der Waals surface area contributed by atoms with Gasteiger partial charge in [0, 0.05) is 10.3 Å². The number of nitrogens with zero attached hydrogens (tertiary/aromatic N) is 1. The summed E-state index contributed by atoms with van der Waals surface area (Å²) < 4.78 is 8.83. The van der Waals surface area contributed by atoms with Crippen LogP contribution in [-0.4, -0.2) is 18.0 Å². The normalized spacial score (nSPS) is 16.1. The van der Waals surface area contributed by atoms with Crippen LogP contribution >= 0.6 is 47.7 Å². The third-order valence-corrected chi connectivity index (χ3v) is 9.23. The summed E-state index contributed by atoms with van der Waals surface area (Å²) in [5.41, 5.74) is 1.37. The predicted octanol–water partition coefficient (Wildman–Crippen LogP) is 8.60. The van der Waals surface area contributed by atoms with Gasteiger partial charge < -0.3 is 4.74 Å². The number of thiophene rings is 2. The second kappa shape index (κ2) is 10.1. The topological polar surface area (TPSA) is 21.6 Å². The van der Waals surface area contributed by atoms with Crippen molar-refractivity contribution in [2.24, 2.45) is 4.99 Å². The average molecular weight is 489 g/mol. The molecular weight excluding hydrogens is 458 g/mol. The van der Waals surface area contributed by atoms with Gasteiger partial charge in [0.2, 0.25) is 5.90 Å². The molecule has 6 heteroatoms. The van der Waals surface area contributed by atoms with Gasteiger partial charge in [-0.1, -0.05) is 51.9 Å². The molecule has 0 bridgehead atoms. The van der Waals surface area contributed by atoms with Gasteiger partial charge in [-0.3, -0.25) is 0 Å². The zero-order valence-corrected chi connectivity index (χ0v) is 20.6. The Morgan fingerprint density at radius 3 is 2.44 bits per heavy atom. The summed E-state index contributed by atoms with van der Waals surface area (Å²) in [6.45, 7) is 7.26. The molecule has 0 aromatic carbocycles. The van der Waals surface area contributed by atoms with Crippen LogP contribution in [0.25, 0.3) is 9.40 Å². The number of halogens is 1. The molecule has 0 unspecified atom stereocenters. The summed E-state index contributed by atoms with van der Waals surface area (Å²) in [6, 6.07) is 0. The number of aliphatic imine (C=N–C) groups is 1. The van der Waals surface area contributed by atoms with E-state index in [1.165, 1.54) is 76.1 Å². The van der Waals surface area contributed by atoms with Gasteiger partial charge in [0.05, 0.1) is 19.8 Å². The number of fused-ring (bicyclic) bond motifs is 1. The van der Waals surface area contributed by atoms with Crippen LogP contribution in [0.15, 0.2) is 15.3 Å². The lowest BCUT2D eigenvalue weighted by atomic mass is 10.0. The van der Waals surface area contributed by atoms with E-state index in [1.807, 2.05) is 22.7 Å². The van der Waals surface area contributed by atoms with E-state index in [2.05, 4.69) is 41.0 Å². The maximum atomic E-state index is 6.00. The zero-order valence-electron chi connectivity index (χ0n) is 16.6. The molecular formula is C21H30BrNOS3. The second-order valence-corrected chi connectivity index (χ2v) is 11.5. The van der Waals surface area contributed by atoms with Crippen LogP contribution in [0.2, 0.25) is 0 Å². The highest BCUT2D eigenvalue weighted by Crippen LogP contribution is 2.45. The third-order valence-electron chi connectivity index (χ3n) is 4.99. The van der Waals surface area contributed by atoms with Crippen LogP contribution in [-0.2, 0) is 11.2 Å². The summed E-state index contributed by atoms with van der Waals surface area (Å²) in [5, 5.41) is 2.27. The Hall–Kier alpha value is -0.0400. The van der Waals surface area contributed by atoms with Gasteiger partial charge >= 0.3 is 0 Å². The number of hydrogen-bond donors (Lipinski definition) is 0. The quantitative estimate of drug-likeness (QED) is 0.295. The van der Waals surface area contributed by atoms with Crippen molar-refractivity contribution in [2.75, 3.05) is 6.61 Å². The molecule has 3 heterocycles. The van der Waals surface area contributed by atoms with Crippen molar-refractivity contribution in [1.29, 1.82) is 0 Å². The Bertz CT molecular complexity index is 778. The Kier molecular flexibility index (Phi) is 8.13. The SMILES string of the molecule is CCCCCCCCCCc1c(C2=NC(C)(C)CO2)sc2c(SBr)csc12. The van der Waals surface area contributed by atoms with E-state index in [4.69, 9.17) is 9.73 Å². The van der Waals surface area contributed by atoms with Crippen LogP contribution in [0.1, 0.15) is 82.6 Å². The fourth-order valence-corrected chi connectivity index (χ4v) is 8.18. The van der Waals surface area contributed by atoms with Crippen molar-refractivity contribution in [1.82, 2.24) is 0 Å². The molecule has 0 N–H and O–H groups in total. The number of rotatable bonds is 11. The molecule has 27 heavy (non-hydrogen) atoms. The summed E-state index contributed by atoms with van der Waals surface area (Å²) in [6.07, 6.45) is 12.0. The number of unbranched alkanes of at least 4 members (excludes halogenated alkanes) is 7. The number of aryl methyl sites for hydroxylation is 1. The predicted molar refractivity (Wildman–Crippen MR) is 127 cm³/mol. The van der Waals surface area contributed by atoms with Gasteiger partial charge in [0.25, 0.3) is 0 Å². The zero-order chi connectivity index (χ0) is 19.3. The molecule has 0 fully saturated rings. The Morgan fingerprint density at radius 1 is 1.11 bits per heavy atom.